The normalized spacial score (nSPS) is 17.3. The quantitative estimate of drug-likeness (QED) is 0.896. The molecule has 94 valence electrons. The van der Waals surface area contributed by atoms with Gasteiger partial charge in [0.05, 0.1) is 12.6 Å². The molecule has 0 fully saturated rings. The van der Waals surface area contributed by atoms with Crippen molar-refractivity contribution in [3.63, 3.8) is 0 Å². The fraction of sp³-hybridized carbons (Fsp3) is 0.286. The van der Waals surface area contributed by atoms with E-state index < -0.39 is 0 Å². The van der Waals surface area contributed by atoms with Crippen LogP contribution in [0.4, 0.5) is 4.39 Å². The zero-order valence-corrected chi connectivity index (χ0v) is 10.7. The van der Waals surface area contributed by atoms with E-state index in [0.29, 0.717) is 0 Å². The van der Waals surface area contributed by atoms with Gasteiger partial charge in [0.2, 0.25) is 0 Å². The van der Waals surface area contributed by atoms with Gasteiger partial charge in [-0.3, -0.25) is 0 Å². The summed E-state index contributed by atoms with van der Waals surface area (Å²) in [6, 6.07) is 6.59. The van der Waals surface area contributed by atoms with E-state index in [1.165, 1.54) is 17.4 Å². The van der Waals surface area contributed by atoms with Gasteiger partial charge in [0, 0.05) is 9.58 Å². The minimum Gasteiger partial charge on any atom is -0.496 e. The van der Waals surface area contributed by atoms with Gasteiger partial charge in [-0.1, -0.05) is 6.07 Å². The van der Waals surface area contributed by atoms with Crippen LogP contribution in [0.1, 0.15) is 23.8 Å². The van der Waals surface area contributed by atoms with Gasteiger partial charge in [-0.15, -0.1) is 11.3 Å². The van der Waals surface area contributed by atoms with E-state index in [1.54, 1.807) is 12.1 Å². The molecule has 1 aliphatic heterocycles. The molecule has 0 spiro atoms. The molecule has 0 aliphatic carbocycles. The van der Waals surface area contributed by atoms with Crippen molar-refractivity contribution in [2.45, 2.75) is 18.9 Å². The third-order valence-electron chi connectivity index (χ3n) is 3.08. The van der Waals surface area contributed by atoms with Crippen molar-refractivity contribution >= 4 is 21.4 Å². The average Bonchev–Trinajstić information content (AvgIpc) is 2.81. The molecular weight excluding hydrogens is 249 g/mol. The Kier molecular flexibility index (Phi) is 3.06. The van der Waals surface area contributed by atoms with Gasteiger partial charge in [-0.2, -0.15) is 0 Å². The number of halogens is 1. The summed E-state index contributed by atoms with van der Waals surface area (Å²) in [5, 5.41) is 1.03. The van der Waals surface area contributed by atoms with Gasteiger partial charge in [0.25, 0.3) is 0 Å². The van der Waals surface area contributed by atoms with Crippen LogP contribution in [0.25, 0.3) is 10.1 Å². The minimum atomic E-state index is -0.231. The largest absolute Gasteiger partial charge is 0.496 e. The third kappa shape index (κ3) is 2.13. The molecule has 0 bridgehead atoms. The van der Waals surface area contributed by atoms with E-state index in [2.05, 4.69) is 6.08 Å². The molecule has 2 aromatic rings. The predicted octanol–water partition coefficient (Wildman–Crippen LogP) is 3.73. The summed E-state index contributed by atoms with van der Waals surface area (Å²) in [5.74, 6) is 0.630. The summed E-state index contributed by atoms with van der Waals surface area (Å²) < 4.78 is 19.7. The molecule has 1 atom stereocenters. The summed E-state index contributed by atoms with van der Waals surface area (Å²) in [6.07, 6.45) is 4.12. The van der Waals surface area contributed by atoms with Crippen molar-refractivity contribution in [1.82, 2.24) is 0 Å². The Hall–Kier alpha value is -1.39. The monoisotopic (exact) mass is 263 g/mol. The van der Waals surface area contributed by atoms with Crippen molar-refractivity contribution in [3.05, 3.63) is 46.8 Å². The summed E-state index contributed by atoms with van der Waals surface area (Å²) >= 11 is 1.53. The topological polar surface area (TPSA) is 35.2 Å². The first kappa shape index (κ1) is 11.7. The highest BCUT2D eigenvalue weighted by molar-refractivity contribution is 7.19. The number of rotatable bonds is 2. The lowest BCUT2D eigenvalue weighted by molar-refractivity contribution is 0.176. The molecule has 1 aromatic heterocycles. The van der Waals surface area contributed by atoms with E-state index in [4.69, 9.17) is 10.5 Å². The zero-order valence-electron chi connectivity index (χ0n) is 9.86. The van der Waals surface area contributed by atoms with Crippen molar-refractivity contribution in [1.29, 1.82) is 0 Å². The van der Waals surface area contributed by atoms with Crippen molar-refractivity contribution in [3.8, 4) is 0 Å². The molecule has 2 nitrogen and oxygen atoms in total. The molecule has 1 aromatic carbocycles. The third-order valence-corrected chi connectivity index (χ3v) is 4.26. The van der Waals surface area contributed by atoms with Crippen LogP contribution in [-0.2, 0) is 4.74 Å². The molecule has 1 aliphatic rings. The molecule has 1 unspecified atom stereocenters. The standard InChI is InChI=1S/C14H14FNOS/c15-10-5-4-9-7-13(18-12(9)8-10)14(16)11-3-1-2-6-17-11/h3-5,7-8,14H,1-2,6,16H2. The second-order valence-corrected chi connectivity index (χ2v) is 5.52. The number of hydrogen-bond acceptors (Lipinski definition) is 3. The Morgan fingerprint density at radius 1 is 1.33 bits per heavy atom. The number of ether oxygens (including phenoxy) is 1. The van der Waals surface area contributed by atoms with Crippen LogP contribution in [0, 0.1) is 5.82 Å². The van der Waals surface area contributed by atoms with Gasteiger partial charge in [0.1, 0.15) is 11.6 Å². The molecule has 0 amide bonds. The molecule has 2 heterocycles. The van der Waals surface area contributed by atoms with Crippen molar-refractivity contribution in [2.75, 3.05) is 6.61 Å². The van der Waals surface area contributed by atoms with Crippen LogP contribution in [0.5, 0.6) is 0 Å². The maximum Gasteiger partial charge on any atom is 0.124 e. The van der Waals surface area contributed by atoms with Crippen LogP contribution >= 0.6 is 11.3 Å². The highest BCUT2D eigenvalue weighted by atomic mass is 32.1. The van der Waals surface area contributed by atoms with E-state index in [1.807, 2.05) is 6.07 Å². The zero-order chi connectivity index (χ0) is 12.5. The van der Waals surface area contributed by atoms with Crippen LogP contribution in [0.3, 0.4) is 0 Å². The molecular formula is C14H14FNOS. The lowest BCUT2D eigenvalue weighted by atomic mass is 10.1. The number of benzene rings is 1. The Labute approximate surface area is 109 Å². The number of fused-ring (bicyclic) bond motifs is 1. The fourth-order valence-corrected chi connectivity index (χ4v) is 3.21. The number of allylic oxidation sites excluding steroid dienone is 1. The molecule has 3 rings (SSSR count). The van der Waals surface area contributed by atoms with Gasteiger partial charge >= 0.3 is 0 Å². The van der Waals surface area contributed by atoms with Gasteiger partial charge in [-0.25, -0.2) is 4.39 Å². The highest BCUT2D eigenvalue weighted by Crippen LogP contribution is 2.33. The minimum absolute atomic E-state index is 0.211. The lowest BCUT2D eigenvalue weighted by Gasteiger charge is -2.19. The molecule has 0 saturated heterocycles. The van der Waals surface area contributed by atoms with E-state index >= 15 is 0 Å². The SMILES string of the molecule is NC(C1=CCCCO1)c1cc2ccc(F)cc2s1. The van der Waals surface area contributed by atoms with Crippen LogP contribution < -0.4 is 5.73 Å². The fourth-order valence-electron chi connectivity index (χ4n) is 2.11. The summed E-state index contributed by atoms with van der Waals surface area (Å²) in [5.41, 5.74) is 6.20. The van der Waals surface area contributed by atoms with Gasteiger partial charge in [0.15, 0.2) is 0 Å². The summed E-state index contributed by atoms with van der Waals surface area (Å²) in [4.78, 5) is 1.02. The number of nitrogens with two attached hydrogens (primary N) is 1. The van der Waals surface area contributed by atoms with Crippen LogP contribution in [0.15, 0.2) is 36.1 Å². The highest BCUT2D eigenvalue weighted by Gasteiger charge is 2.18. The smallest absolute Gasteiger partial charge is 0.124 e. The van der Waals surface area contributed by atoms with E-state index in [0.717, 1.165) is 40.2 Å². The number of thiophene rings is 1. The predicted molar refractivity (Wildman–Crippen MR) is 72.0 cm³/mol. The average molecular weight is 263 g/mol. The van der Waals surface area contributed by atoms with E-state index in [-0.39, 0.29) is 11.9 Å². The van der Waals surface area contributed by atoms with Crippen molar-refractivity contribution in [2.24, 2.45) is 5.73 Å². The number of hydrogen-bond donors (Lipinski definition) is 1. The van der Waals surface area contributed by atoms with Crippen LogP contribution in [-0.4, -0.2) is 6.61 Å². The molecule has 4 heteroatoms. The lowest BCUT2D eigenvalue weighted by Crippen LogP contribution is -2.16. The second kappa shape index (κ2) is 4.71. The maximum atomic E-state index is 13.1. The van der Waals surface area contributed by atoms with Crippen LogP contribution in [0.2, 0.25) is 0 Å². The van der Waals surface area contributed by atoms with Gasteiger partial charge < -0.3 is 10.5 Å². The summed E-state index contributed by atoms with van der Waals surface area (Å²) in [6.45, 7) is 0.735. The molecule has 0 saturated carbocycles. The Balaban J connectivity index is 1.96. The Morgan fingerprint density at radius 2 is 2.22 bits per heavy atom. The van der Waals surface area contributed by atoms with Gasteiger partial charge in [-0.05, 0) is 42.5 Å². The van der Waals surface area contributed by atoms with Crippen molar-refractivity contribution < 1.29 is 9.13 Å². The first-order chi connectivity index (χ1) is 8.74. The Morgan fingerprint density at radius 3 is 3.00 bits per heavy atom. The summed E-state index contributed by atoms with van der Waals surface area (Å²) in [7, 11) is 0. The first-order valence-electron chi connectivity index (χ1n) is 6.01. The molecule has 18 heavy (non-hydrogen) atoms. The second-order valence-electron chi connectivity index (χ2n) is 4.41. The molecule has 0 radical (unpaired) electrons. The molecule has 2 N–H and O–H groups in total. The Bertz CT molecular complexity index is 605. The first-order valence-corrected chi connectivity index (χ1v) is 6.83. The maximum absolute atomic E-state index is 13.1. The van der Waals surface area contributed by atoms with E-state index in [9.17, 15) is 4.39 Å².